The highest BCUT2D eigenvalue weighted by Crippen LogP contribution is 2.22. The minimum Gasteiger partial charge on any atom is -0.354 e. The van der Waals surface area contributed by atoms with E-state index in [2.05, 4.69) is 46.5 Å². The van der Waals surface area contributed by atoms with E-state index in [0.717, 1.165) is 17.3 Å². The van der Waals surface area contributed by atoms with Gasteiger partial charge in [-0.2, -0.15) is 0 Å². The summed E-state index contributed by atoms with van der Waals surface area (Å²) in [6, 6.07) is 10.4. The lowest BCUT2D eigenvalue weighted by molar-refractivity contribution is 1.01. The first kappa shape index (κ1) is 12.9. The molecule has 0 aliphatic carbocycles. The second-order valence-corrected chi connectivity index (χ2v) is 4.96. The smallest absolute Gasteiger partial charge is 0.223 e. The Kier molecular flexibility index (Phi) is 4.59. The number of anilines is 1. The van der Waals surface area contributed by atoms with Crippen LogP contribution in [0.5, 0.6) is 0 Å². The molecule has 2 aromatic rings. The molecule has 0 bridgehead atoms. The number of aryl methyl sites for hydroxylation is 1. The normalized spacial score (nSPS) is 10.3. The van der Waals surface area contributed by atoms with E-state index in [1.807, 2.05) is 13.0 Å². The van der Waals surface area contributed by atoms with Crippen LogP contribution in [0, 0.1) is 6.92 Å². The van der Waals surface area contributed by atoms with E-state index in [-0.39, 0.29) is 0 Å². The van der Waals surface area contributed by atoms with Crippen molar-refractivity contribution in [3.63, 3.8) is 0 Å². The van der Waals surface area contributed by atoms with Gasteiger partial charge in [-0.05, 0) is 31.0 Å². The fourth-order valence-electron chi connectivity index (χ4n) is 1.59. The van der Waals surface area contributed by atoms with Crippen LogP contribution >= 0.6 is 11.8 Å². The first-order valence-corrected chi connectivity index (χ1v) is 7.02. The molecular formula is C14H17N3S. The van der Waals surface area contributed by atoms with Crippen LogP contribution in [0.15, 0.2) is 41.6 Å². The average molecular weight is 259 g/mol. The maximum atomic E-state index is 4.45. The Labute approximate surface area is 112 Å². The van der Waals surface area contributed by atoms with Crippen molar-refractivity contribution >= 4 is 17.7 Å². The highest BCUT2D eigenvalue weighted by molar-refractivity contribution is 7.98. The van der Waals surface area contributed by atoms with Gasteiger partial charge in [0.05, 0.1) is 0 Å². The summed E-state index contributed by atoms with van der Waals surface area (Å²) < 4.78 is 0. The van der Waals surface area contributed by atoms with E-state index in [0.29, 0.717) is 5.95 Å². The molecule has 2 rings (SSSR count). The molecule has 94 valence electrons. The third-order valence-electron chi connectivity index (χ3n) is 2.60. The Morgan fingerprint density at radius 2 is 2.06 bits per heavy atom. The van der Waals surface area contributed by atoms with E-state index in [4.69, 9.17) is 0 Å². The topological polar surface area (TPSA) is 37.8 Å². The Morgan fingerprint density at radius 1 is 1.22 bits per heavy atom. The van der Waals surface area contributed by atoms with Crippen LogP contribution in [0.3, 0.4) is 0 Å². The van der Waals surface area contributed by atoms with Crippen LogP contribution in [-0.4, -0.2) is 16.5 Å². The number of rotatable bonds is 5. The molecule has 0 unspecified atom stereocenters. The van der Waals surface area contributed by atoms with E-state index in [1.54, 1.807) is 18.0 Å². The predicted octanol–water partition coefficient (Wildman–Crippen LogP) is 3.51. The molecule has 0 fully saturated rings. The molecular weight excluding hydrogens is 242 g/mol. The Hall–Kier alpha value is -1.55. The summed E-state index contributed by atoms with van der Waals surface area (Å²) in [4.78, 5) is 8.61. The van der Waals surface area contributed by atoms with Crippen molar-refractivity contribution in [1.82, 2.24) is 9.97 Å². The van der Waals surface area contributed by atoms with Crippen molar-refractivity contribution < 1.29 is 0 Å². The standard InChI is InChI=1S/C14H17N3S/c1-3-15-14-16-9-8-13(17-14)18-10-12-7-5-4-6-11(12)2/h4-9H,3,10H2,1-2H3,(H,15,16,17). The Balaban J connectivity index is 2.02. The number of benzene rings is 1. The van der Waals surface area contributed by atoms with Crippen molar-refractivity contribution in [3.8, 4) is 0 Å². The number of aromatic nitrogens is 2. The quantitative estimate of drug-likeness (QED) is 0.658. The van der Waals surface area contributed by atoms with Crippen molar-refractivity contribution in [3.05, 3.63) is 47.7 Å². The summed E-state index contributed by atoms with van der Waals surface area (Å²) >= 11 is 1.74. The molecule has 0 saturated heterocycles. The van der Waals surface area contributed by atoms with Gasteiger partial charge in [-0.3, -0.25) is 0 Å². The fraction of sp³-hybridized carbons (Fsp3) is 0.286. The van der Waals surface area contributed by atoms with Gasteiger partial charge in [-0.25, -0.2) is 9.97 Å². The first-order chi connectivity index (χ1) is 8.79. The highest BCUT2D eigenvalue weighted by atomic mass is 32.2. The first-order valence-electron chi connectivity index (χ1n) is 6.04. The maximum absolute atomic E-state index is 4.45. The van der Waals surface area contributed by atoms with Gasteiger partial charge in [-0.1, -0.05) is 24.3 Å². The minimum absolute atomic E-state index is 0.701. The Morgan fingerprint density at radius 3 is 2.83 bits per heavy atom. The highest BCUT2D eigenvalue weighted by Gasteiger charge is 2.01. The third kappa shape index (κ3) is 3.47. The summed E-state index contributed by atoms with van der Waals surface area (Å²) in [5.74, 6) is 1.64. The summed E-state index contributed by atoms with van der Waals surface area (Å²) in [5, 5.41) is 4.13. The van der Waals surface area contributed by atoms with Crippen LogP contribution in [0.4, 0.5) is 5.95 Å². The zero-order chi connectivity index (χ0) is 12.8. The molecule has 1 aromatic carbocycles. The lowest BCUT2D eigenvalue weighted by Crippen LogP contribution is -2.01. The summed E-state index contributed by atoms with van der Waals surface area (Å²) in [5.41, 5.74) is 2.68. The molecule has 0 radical (unpaired) electrons. The van der Waals surface area contributed by atoms with E-state index in [1.165, 1.54) is 11.1 Å². The van der Waals surface area contributed by atoms with Gasteiger partial charge in [0.1, 0.15) is 5.03 Å². The van der Waals surface area contributed by atoms with Gasteiger partial charge in [0, 0.05) is 18.5 Å². The van der Waals surface area contributed by atoms with Crippen LogP contribution in [0.1, 0.15) is 18.1 Å². The van der Waals surface area contributed by atoms with Gasteiger partial charge in [0.25, 0.3) is 0 Å². The van der Waals surface area contributed by atoms with Crippen molar-refractivity contribution in [1.29, 1.82) is 0 Å². The molecule has 0 amide bonds. The number of hydrogen-bond acceptors (Lipinski definition) is 4. The van der Waals surface area contributed by atoms with Crippen LogP contribution < -0.4 is 5.32 Å². The zero-order valence-corrected chi connectivity index (χ0v) is 11.5. The molecule has 0 aliphatic heterocycles. The number of nitrogens with zero attached hydrogens (tertiary/aromatic N) is 2. The minimum atomic E-state index is 0.701. The molecule has 4 heteroatoms. The van der Waals surface area contributed by atoms with Crippen LogP contribution in [-0.2, 0) is 5.75 Å². The van der Waals surface area contributed by atoms with E-state index < -0.39 is 0 Å². The SMILES string of the molecule is CCNc1nccc(SCc2ccccc2C)n1. The van der Waals surface area contributed by atoms with Crippen LogP contribution in [0.2, 0.25) is 0 Å². The predicted molar refractivity (Wildman–Crippen MR) is 76.9 cm³/mol. The largest absolute Gasteiger partial charge is 0.354 e. The average Bonchev–Trinajstić information content (AvgIpc) is 2.39. The summed E-state index contributed by atoms with van der Waals surface area (Å²) in [7, 11) is 0. The van der Waals surface area contributed by atoms with Gasteiger partial charge >= 0.3 is 0 Å². The van der Waals surface area contributed by atoms with E-state index >= 15 is 0 Å². The van der Waals surface area contributed by atoms with Crippen LogP contribution in [0.25, 0.3) is 0 Å². The summed E-state index contributed by atoms with van der Waals surface area (Å²) in [6.07, 6.45) is 1.80. The molecule has 18 heavy (non-hydrogen) atoms. The maximum Gasteiger partial charge on any atom is 0.223 e. The van der Waals surface area contributed by atoms with Gasteiger partial charge < -0.3 is 5.32 Å². The van der Waals surface area contributed by atoms with E-state index in [9.17, 15) is 0 Å². The lowest BCUT2D eigenvalue weighted by Gasteiger charge is -2.06. The van der Waals surface area contributed by atoms with Gasteiger partial charge in [-0.15, -0.1) is 11.8 Å². The van der Waals surface area contributed by atoms with Gasteiger partial charge in [0.2, 0.25) is 5.95 Å². The zero-order valence-electron chi connectivity index (χ0n) is 10.7. The molecule has 1 heterocycles. The van der Waals surface area contributed by atoms with Crippen molar-refractivity contribution in [2.75, 3.05) is 11.9 Å². The fourth-order valence-corrected chi connectivity index (χ4v) is 2.52. The number of hydrogen-bond donors (Lipinski definition) is 1. The molecule has 1 N–H and O–H groups in total. The number of thioether (sulfide) groups is 1. The third-order valence-corrected chi connectivity index (χ3v) is 3.58. The molecule has 0 spiro atoms. The lowest BCUT2D eigenvalue weighted by atomic mass is 10.1. The van der Waals surface area contributed by atoms with Crippen molar-refractivity contribution in [2.45, 2.75) is 24.6 Å². The number of nitrogens with one attached hydrogen (secondary N) is 1. The molecule has 0 saturated carbocycles. The second-order valence-electron chi connectivity index (χ2n) is 3.96. The van der Waals surface area contributed by atoms with Gasteiger partial charge in [0.15, 0.2) is 0 Å². The van der Waals surface area contributed by atoms with Crippen molar-refractivity contribution in [2.24, 2.45) is 0 Å². The molecule has 0 aliphatic rings. The second kappa shape index (κ2) is 6.40. The Bertz CT molecular complexity index is 514. The monoisotopic (exact) mass is 259 g/mol. The summed E-state index contributed by atoms with van der Waals surface area (Å²) in [6.45, 7) is 5.02. The molecule has 0 atom stereocenters. The molecule has 1 aromatic heterocycles. The molecule has 3 nitrogen and oxygen atoms in total.